The maximum Gasteiger partial charge on any atom is 0.256 e. The minimum Gasteiger partial charge on any atom is -0.361 e. The van der Waals surface area contributed by atoms with E-state index in [0.717, 1.165) is 22.0 Å². The Balaban J connectivity index is 1.78. The Labute approximate surface area is 161 Å². The highest BCUT2D eigenvalue weighted by Crippen LogP contribution is 2.28. The van der Waals surface area contributed by atoms with Crippen molar-refractivity contribution in [3.05, 3.63) is 63.3 Å². The molecular weight excluding hydrogens is 366 g/mol. The predicted octanol–water partition coefficient (Wildman–Crippen LogP) is 4.70. The molecule has 0 radical (unpaired) electrons. The molecular formula is C19H21N3O2S2. The Hall–Kier alpha value is -2.12. The standard InChI is InChI=1S/C19H21N3O2S2/c1-4-22(11-15-7-6-10-25-15)19(23)16-8-5-9-20-18(16)26-12-17-13(2)21-24-14(17)3/h5-10H,4,11-12H2,1-3H3. The van der Waals surface area contributed by atoms with Gasteiger partial charge in [-0.25, -0.2) is 4.98 Å². The maximum absolute atomic E-state index is 13.1. The van der Waals surface area contributed by atoms with E-state index in [4.69, 9.17) is 4.52 Å². The summed E-state index contributed by atoms with van der Waals surface area (Å²) in [7, 11) is 0. The fraction of sp³-hybridized carbons (Fsp3) is 0.316. The molecule has 0 fully saturated rings. The molecule has 3 heterocycles. The largest absolute Gasteiger partial charge is 0.361 e. The van der Waals surface area contributed by atoms with Crippen molar-refractivity contribution in [2.24, 2.45) is 0 Å². The highest BCUT2D eigenvalue weighted by Gasteiger charge is 2.20. The van der Waals surface area contributed by atoms with E-state index in [1.54, 1.807) is 29.3 Å². The maximum atomic E-state index is 13.1. The van der Waals surface area contributed by atoms with Crippen LogP contribution in [0.25, 0.3) is 0 Å². The number of carbonyl (C=O) groups excluding carboxylic acids is 1. The molecule has 0 aliphatic heterocycles. The molecule has 136 valence electrons. The van der Waals surface area contributed by atoms with Crippen LogP contribution in [0.15, 0.2) is 45.4 Å². The van der Waals surface area contributed by atoms with Crippen molar-refractivity contribution in [1.82, 2.24) is 15.0 Å². The third kappa shape index (κ3) is 4.16. The zero-order valence-electron chi connectivity index (χ0n) is 15.1. The van der Waals surface area contributed by atoms with Gasteiger partial charge in [-0.15, -0.1) is 23.1 Å². The summed E-state index contributed by atoms with van der Waals surface area (Å²) in [6.07, 6.45) is 1.72. The van der Waals surface area contributed by atoms with Crippen molar-refractivity contribution in [2.45, 2.75) is 38.1 Å². The van der Waals surface area contributed by atoms with E-state index in [1.807, 2.05) is 49.3 Å². The van der Waals surface area contributed by atoms with Gasteiger partial charge in [0.25, 0.3) is 5.91 Å². The number of thiophene rings is 1. The summed E-state index contributed by atoms with van der Waals surface area (Å²) in [6, 6.07) is 7.72. The molecule has 5 nitrogen and oxygen atoms in total. The SMILES string of the molecule is CCN(Cc1cccs1)C(=O)c1cccnc1SCc1c(C)noc1C. The third-order valence-electron chi connectivity index (χ3n) is 4.13. The summed E-state index contributed by atoms with van der Waals surface area (Å²) in [5, 5.41) is 6.75. The highest BCUT2D eigenvalue weighted by atomic mass is 32.2. The Kier molecular flexibility index (Phi) is 6.11. The number of pyridine rings is 1. The molecule has 0 saturated carbocycles. The van der Waals surface area contributed by atoms with Crippen LogP contribution < -0.4 is 0 Å². The number of hydrogen-bond acceptors (Lipinski definition) is 6. The van der Waals surface area contributed by atoms with Crippen LogP contribution >= 0.6 is 23.1 Å². The van der Waals surface area contributed by atoms with Crippen LogP contribution in [-0.4, -0.2) is 27.5 Å². The van der Waals surface area contributed by atoms with Gasteiger partial charge in [0.2, 0.25) is 0 Å². The number of nitrogens with zero attached hydrogens (tertiary/aromatic N) is 3. The second kappa shape index (κ2) is 8.51. The lowest BCUT2D eigenvalue weighted by molar-refractivity contribution is 0.0750. The van der Waals surface area contributed by atoms with E-state index >= 15 is 0 Å². The molecule has 7 heteroatoms. The Morgan fingerprint density at radius 2 is 2.15 bits per heavy atom. The molecule has 0 aromatic carbocycles. The second-order valence-electron chi connectivity index (χ2n) is 5.85. The number of carbonyl (C=O) groups is 1. The minimum atomic E-state index is 0.00950. The molecule has 3 aromatic heterocycles. The van der Waals surface area contributed by atoms with Crippen LogP contribution in [0.2, 0.25) is 0 Å². The number of aromatic nitrogens is 2. The smallest absolute Gasteiger partial charge is 0.256 e. The summed E-state index contributed by atoms with van der Waals surface area (Å²) < 4.78 is 5.22. The van der Waals surface area contributed by atoms with Crippen LogP contribution in [0.5, 0.6) is 0 Å². The Bertz CT molecular complexity index is 855. The fourth-order valence-electron chi connectivity index (χ4n) is 2.61. The lowest BCUT2D eigenvalue weighted by Gasteiger charge is -2.21. The first-order valence-electron chi connectivity index (χ1n) is 8.41. The molecule has 0 N–H and O–H groups in total. The van der Waals surface area contributed by atoms with Crippen molar-refractivity contribution in [1.29, 1.82) is 0 Å². The molecule has 0 saturated heterocycles. The topological polar surface area (TPSA) is 59.2 Å². The molecule has 0 aliphatic rings. The lowest BCUT2D eigenvalue weighted by atomic mass is 10.2. The zero-order valence-corrected chi connectivity index (χ0v) is 16.7. The summed E-state index contributed by atoms with van der Waals surface area (Å²) in [5.41, 5.74) is 2.58. The lowest BCUT2D eigenvalue weighted by Crippen LogP contribution is -2.30. The van der Waals surface area contributed by atoms with Gasteiger partial charge in [0.15, 0.2) is 0 Å². The van der Waals surface area contributed by atoms with E-state index in [-0.39, 0.29) is 5.91 Å². The zero-order chi connectivity index (χ0) is 18.5. The third-order valence-corrected chi connectivity index (χ3v) is 6.02. The van der Waals surface area contributed by atoms with Crippen molar-refractivity contribution in [3.63, 3.8) is 0 Å². The molecule has 0 bridgehead atoms. The van der Waals surface area contributed by atoms with E-state index in [1.165, 1.54) is 4.88 Å². The minimum absolute atomic E-state index is 0.00950. The molecule has 0 unspecified atom stereocenters. The van der Waals surface area contributed by atoms with Crippen LogP contribution in [0.4, 0.5) is 0 Å². The van der Waals surface area contributed by atoms with Gasteiger partial charge in [0.05, 0.1) is 17.8 Å². The van der Waals surface area contributed by atoms with Crippen molar-refractivity contribution < 1.29 is 9.32 Å². The number of rotatable bonds is 7. The van der Waals surface area contributed by atoms with Crippen molar-refractivity contribution >= 4 is 29.0 Å². The number of amides is 1. The van der Waals surface area contributed by atoms with Crippen LogP contribution in [0.3, 0.4) is 0 Å². The van der Waals surface area contributed by atoms with E-state index in [2.05, 4.69) is 16.2 Å². The van der Waals surface area contributed by atoms with E-state index in [9.17, 15) is 4.79 Å². The number of thioether (sulfide) groups is 1. The average molecular weight is 388 g/mol. The molecule has 0 aliphatic carbocycles. The number of hydrogen-bond donors (Lipinski definition) is 0. The first-order chi connectivity index (χ1) is 12.6. The highest BCUT2D eigenvalue weighted by molar-refractivity contribution is 7.98. The Morgan fingerprint density at radius 1 is 1.31 bits per heavy atom. The van der Waals surface area contributed by atoms with Gasteiger partial charge in [-0.1, -0.05) is 11.2 Å². The summed E-state index contributed by atoms with van der Waals surface area (Å²) in [5.74, 6) is 1.50. The molecule has 0 atom stereocenters. The predicted molar refractivity (Wildman–Crippen MR) is 105 cm³/mol. The first kappa shape index (κ1) is 18.7. The van der Waals surface area contributed by atoms with E-state index < -0.39 is 0 Å². The second-order valence-corrected chi connectivity index (χ2v) is 7.84. The normalized spacial score (nSPS) is 10.9. The van der Waals surface area contributed by atoms with Crippen LogP contribution in [0.1, 0.15) is 39.2 Å². The van der Waals surface area contributed by atoms with Crippen molar-refractivity contribution in [3.8, 4) is 0 Å². The summed E-state index contributed by atoms with van der Waals surface area (Å²) in [6.45, 7) is 7.10. The van der Waals surface area contributed by atoms with Gasteiger partial charge in [-0.2, -0.15) is 0 Å². The summed E-state index contributed by atoms with van der Waals surface area (Å²) in [4.78, 5) is 20.5. The van der Waals surface area contributed by atoms with Crippen LogP contribution in [-0.2, 0) is 12.3 Å². The van der Waals surface area contributed by atoms with Crippen LogP contribution in [0, 0.1) is 13.8 Å². The van der Waals surface area contributed by atoms with Crippen molar-refractivity contribution in [2.75, 3.05) is 6.54 Å². The van der Waals surface area contributed by atoms with Gasteiger partial charge in [0.1, 0.15) is 10.8 Å². The van der Waals surface area contributed by atoms with E-state index in [0.29, 0.717) is 24.4 Å². The molecule has 3 rings (SSSR count). The van der Waals surface area contributed by atoms with Gasteiger partial charge in [-0.05, 0) is 44.4 Å². The first-order valence-corrected chi connectivity index (χ1v) is 10.3. The van der Waals surface area contributed by atoms with Gasteiger partial charge in [-0.3, -0.25) is 4.79 Å². The Morgan fingerprint density at radius 3 is 2.81 bits per heavy atom. The summed E-state index contributed by atoms with van der Waals surface area (Å²) >= 11 is 3.20. The molecule has 1 amide bonds. The quantitative estimate of drug-likeness (QED) is 0.550. The van der Waals surface area contributed by atoms with Gasteiger partial charge >= 0.3 is 0 Å². The fourth-order valence-corrected chi connectivity index (χ4v) is 4.46. The van der Waals surface area contributed by atoms with Gasteiger partial charge in [0, 0.05) is 28.9 Å². The van der Waals surface area contributed by atoms with Gasteiger partial charge < -0.3 is 9.42 Å². The molecule has 26 heavy (non-hydrogen) atoms. The molecule has 0 spiro atoms. The number of aryl methyl sites for hydroxylation is 2. The average Bonchev–Trinajstić information content (AvgIpc) is 3.28. The molecule has 3 aromatic rings. The monoisotopic (exact) mass is 387 g/mol.